The van der Waals surface area contributed by atoms with Crippen molar-refractivity contribution in [2.45, 2.75) is 18.2 Å². The number of hydrogen-bond donors (Lipinski definition) is 2. The molecule has 0 spiro atoms. The maximum Gasteiger partial charge on any atom is 0.260 e. The summed E-state index contributed by atoms with van der Waals surface area (Å²) in [7, 11) is -4.03. The Balaban J connectivity index is 2.79. The summed E-state index contributed by atoms with van der Waals surface area (Å²) >= 11 is 0.991. The van der Waals surface area contributed by atoms with Crippen LogP contribution in [0.5, 0.6) is 0 Å². The Labute approximate surface area is 121 Å². The van der Waals surface area contributed by atoms with Crippen LogP contribution < -0.4 is 10.9 Å². The minimum Gasteiger partial charge on any atom is -0.365 e. The largest absolute Gasteiger partial charge is 0.365 e. The molecule has 20 heavy (non-hydrogen) atoms. The Morgan fingerprint density at radius 3 is 2.45 bits per heavy atom. The molecule has 1 aromatic carbocycles. The number of sulfonamides is 1. The number of carbonyl (C=O) groups excluding carboxylic acids is 1. The van der Waals surface area contributed by atoms with Crippen LogP contribution in [0.4, 0.5) is 0 Å². The first-order valence-corrected chi connectivity index (χ1v) is 8.31. The first-order valence-electron chi connectivity index (χ1n) is 5.88. The lowest BCUT2D eigenvalue weighted by Gasteiger charge is -2.08. The van der Waals surface area contributed by atoms with Crippen LogP contribution in [0.1, 0.15) is 22.2 Å². The van der Waals surface area contributed by atoms with Crippen LogP contribution in [0, 0.1) is 0 Å². The predicted octanol–water partition coefficient (Wildman–Crippen LogP) is 1.72. The van der Waals surface area contributed by atoms with Crippen molar-refractivity contribution in [3.05, 3.63) is 40.1 Å². The van der Waals surface area contributed by atoms with E-state index in [0.29, 0.717) is 5.56 Å². The monoisotopic (exact) mass is 310 g/mol. The Morgan fingerprint density at radius 2 is 1.90 bits per heavy atom. The van der Waals surface area contributed by atoms with E-state index in [9.17, 15) is 13.2 Å². The van der Waals surface area contributed by atoms with Gasteiger partial charge in [-0.2, -0.15) is 0 Å². The fourth-order valence-corrected chi connectivity index (χ4v) is 4.29. The molecule has 1 heterocycles. The maximum absolute atomic E-state index is 11.8. The van der Waals surface area contributed by atoms with Crippen molar-refractivity contribution in [1.82, 2.24) is 0 Å². The van der Waals surface area contributed by atoms with Gasteiger partial charge in [-0.25, -0.2) is 13.6 Å². The molecular weight excluding hydrogens is 296 g/mol. The van der Waals surface area contributed by atoms with Crippen molar-refractivity contribution >= 4 is 27.3 Å². The molecule has 0 aliphatic rings. The van der Waals surface area contributed by atoms with Crippen molar-refractivity contribution in [3.63, 3.8) is 0 Å². The van der Waals surface area contributed by atoms with Gasteiger partial charge in [-0.15, -0.1) is 11.3 Å². The number of benzene rings is 1. The third-order valence-electron chi connectivity index (χ3n) is 2.94. The van der Waals surface area contributed by atoms with E-state index in [1.807, 2.05) is 25.1 Å². The first-order chi connectivity index (χ1) is 9.36. The second kappa shape index (κ2) is 5.35. The second-order valence-electron chi connectivity index (χ2n) is 4.23. The number of primary sulfonamides is 1. The van der Waals surface area contributed by atoms with Gasteiger partial charge < -0.3 is 5.73 Å². The molecule has 0 aliphatic carbocycles. The molecule has 0 saturated carbocycles. The van der Waals surface area contributed by atoms with Gasteiger partial charge in [0.05, 0.1) is 0 Å². The quantitative estimate of drug-likeness (QED) is 0.898. The molecular formula is C13H14N2O3S2. The Morgan fingerprint density at radius 1 is 1.25 bits per heavy atom. The van der Waals surface area contributed by atoms with Gasteiger partial charge in [-0.05, 0) is 17.5 Å². The van der Waals surface area contributed by atoms with Gasteiger partial charge in [-0.1, -0.05) is 31.2 Å². The van der Waals surface area contributed by atoms with E-state index in [1.165, 1.54) is 0 Å². The molecule has 2 aromatic rings. The van der Waals surface area contributed by atoms with Crippen LogP contribution >= 0.6 is 11.3 Å². The molecule has 0 radical (unpaired) electrons. The van der Waals surface area contributed by atoms with Crippen molar-refractivity contribution < 1.29 is 13.2 Å². The van der Waals surface area contributed by atoms with Gasteiger partial charge in [0.25, 0.3) is 5.91 Å². The summed E-state index contributed by atoms with van der Waals surface area (Å²) in [6, 6.07) is 7.40. The van der Waals surface area contributed by atoms with Gasteiger partial charge in [0.1, 0.15) is 9.77 Å². The number of nitrogens with two attached hydrogens (primary N) is 2. The highest BCUT2D eigenvalue weighted by Gasteiger charge is 2.26. The smallest absolute Gasteiger partial charge is 0.260 e. The Bertz CT molecular complexity index is 764. The topological polar surface area (TPSA) is 103 Å². The SMILES string of the molecule is CCc1ccccc1-c1csc(C(N)=O)c1S(N)(=O)=O. The van der Waals surface area contributed by atoms with E-state index in [2.05, 4.69) is 0 Å². The van der Waals surface area contributed by atoms with E-state index in [1.54, 1.807) is 11.4 Å². The average Bonchev–Trinajstić information content (AvgIpc) is 2.83. The van der Waals surface area contributed by atoms with Crippen molar-refractivity contribution in [2.75, 3.05) is 0 Å². The van der Waals surface area contributed by atoms with E-state index in [0.717, 1.165) is 28.9 Å². The molecule has 0 atom stereocenters. The van der Waals surface area contributed by atoms with Crippen LogP contribution in [0.15, 0.2) is 34.5 Å². The summed E-state index contributed by atoms with van der Waals surface area (Å²) in [5.41, 5.74) is 7.39. The number of thiophene rings is 1. The molecule has 0 unspecified atom stereocenters. The first kappa shape index (κ1) is 14.7. The van der Waals surface area contributed by atoms with Crippen LogP contribution in [-0.2, 0) is 16.4 Å². The summed E-state index contributed by atoms with van der Waals surface area (Å²) in [6.07, 6.45) is 0.738. The zero-order valence-electron chi connectivity index (χ0n) is 10.8. The number of hydrogen-bond acceptors (Lipinski definition) is 4. The maximum atomic E-state index is 11.8. The molecule has 2 rings (SSSR count). The molecule has 7 heteroatoms. The second-order valence-corrected chi connectivity index (χ2v) is 6.61. The third-order valence-corrected chi connectivity index (χ3v) is 5.06. The number of amides is 1. The molecule has 1 aromatic heterocycles. The van der Waals surface area contributed by atoms with Crippen LogP contribution in [0.2, 0.25) is 0 Å². The Kier molecular flexibility index (Phi) is 3.94. The van der Waals surface area contributed by atoms with Gasteiger partial charge in [-0.3, -0.25) is 4.79 Å². The summed E-state index contributed by atoms with van der Waals surface area (Å²) in [4.78, 5) is 11.2. The Hall–Kier alpha value is -1.70. The lowest BCUT2D eigenvalue weighted by Crippen LogP contribution is -2.19. The summed E-state index contributed by atoms with van der Waals surface area (Å²) in [5, 5.41) is 6.85. The van der Waals surface area contributed by atoms with Crippen molar-refractivity contribution in [2.24, 2.45) is 10.9 Å². The fourth-order valence-electron chi connectivity index (χ4n) is 2.08. The van der Waals surface area contributed by atoms with E-state index in [-0.39, 0.29) is 9.77 Å². The van der Waals surface area contributed by atoms with Crippen LogP contribution in [0.25, 0.3) is 11.1 Å². The van der Waals surface area contributed by atoms with Gasteiger partial charge in [0.2, 0.25) is 10.0 Å². The fraction of sp³-hybridized carbons (Fsp3) is 0.154. The molecule has 0 bridgehead atoms. The number of aryl methyl sites for hydroxylation is 1. The zero-order valence-corrected chi connectivity index (χ0v) is 12.4. The molecule has 0 fully saturated rings. The minimum atomic E-state index is -4.03. The number of carbonyl (C=O) groups is 1. The lowest BCUT2D eigenvalue weighted by molar-refractivity contribution is 0.100. The molecule has 4 N–H and O–H groups in total. The van der Waals surface area contributed by atoms with Gasteiger partial charge >= 0.3 is 0 Å². The predicted molar refractivity (Wildman–Crippen MR) is 79.0 cm³/mol. The number of rotatable bonds is 4. The van der Waals surface area contributed by atoms with Crippen molar-refractivity contribution in [1.29, 1.82) is 0 Å². The molecule has 106 valence electrons. The highest BCUT2D eigenvalue weighted by Crippen LogP contribution is 2.36. The van der Waals surface area contributed by atoms with Gasteiger partial charge in [0, 0.05) is 10.9 Å². The highest BCUT2D eigenvalue weighted by atomic mass is 32.2. The van der Waals surface area contributed by atoms with E-state index in [4.69, 9.17) is 10.9 Å². The summed E-state index contributed by atoms with van der Waals surface area (Å²) in [6.45, 7) is 1.97. The molecule has 0 saturated heterocycles. The molecule has 1 amide bonds. The zero-order chi connectivity index (χ0) is 14.9. The average molecular weight is 310 g/mol. The minimum absolute atomic E-state index is 0.0339. The standard InChI is InChI=1S/C13H14N2O3S2/c1-2-8-5-3-4-6-9(8)10-7-19-11(13(14)16)12(10)20(15,17)18/h3-7H,2H2,1H3,(H2,14,16)(H2,15,17,18). The molecule has 5 nitrogen and oxygen atoms in total. The van der Waals surface area contributed by atoms with E-state index >= 15 is 0 Å². The number of primary amides is 1. The summed E-state index contributed by atoms with van der Waals surface area (Å²) in [5.74, 6) is -0.792. The highest BCUT2D eigenvalue weighted by molar-refractivity contribution is 7.89. The van der Waals surface area contributed by atoms with Crippen LogP contribution in [-0.4, -0.2) is 14.3 Å². The third kappa shape index (κ3) is 2.60. The summed E-state index contributed by atoms with van der Waals surface area (Å²) < 4.78 is 23.6. The van der Waals surface area contributed by atoms with Gasteiger partial charge in [0.15, 0.2) is 0 Å². The molecule has 0 aliphatic heterocycles. The van der Waals surface area contributed by atoms with E-state index < -0.39 is 15.9 Å². The lowest BCUT2D eigenvalue weighted by atomic mass is 10.00. The normalized spacial score (nSPS) is 11.5. The van der Waals surface area contributed by atoms with Crippen molar-refractivity contribution in [3.8, 4) is 11.1 Å². The van der Waals surface area contributed by atoms with Crippen LogP contribution in [0.3, 0.4) is 0 Å².